The lowest BCUT2D eigenvalue weighted by Gasteiger charge is -2.20. The zero-order valence-corrected chi connectivity index (χ0v) is 22.9. The van der Waals surface area contributed by atoms with Crippen LogP contribution in [0.15, 0.2) is 59.6 Å². The Hall–Kier alpha value is -3.84. The van der Waals surface area contributed by atoms with Gasteiger partial charge in [0.2, 0.25) is 0 Å². The van der Waals surface area contributed by atoms with Gasteiger partial charge in [0.05, 0.1) is 43.2 Å². The van der Waals surface area contributed by atoms with Gasteiger partial charge in [-0.2, -0.15) is 0 Å². The van der Waals surface area contributed by atoms with Crippen molar-refractivity contribution in [3.63, 3.8) is 0 Å². The van der Waals surface area contributed by atoms with Gasteiger partial charge in [0.25, 0.3) is 5.91 Å². The fourth-order valence-electron chi connectivity index (χ4n) is 5.02. The van der Waals surface area contributed by atoms with Gasteiger partial charge in [0.15, 0.2) is 17.3 Å². The van der Waals surface area contributed by atoms with E-state index in [0.29, 0.717) is 70.7 Å². The van der Waals surface area contributed by atoms with Gasteiger partial charge < -0.3 is 19.1 Å². The fraction of sp³-hybridized carbons (Fsp3) is 0.323. The second kappa shape index (κ2) is 11.9. The third-order valence-electron chi connectivity index (χ3n) is 7.02. The highest BCUT2D eigenvalue weighted by molar-refractivity contribution is 6.31. The van der Waals surface area contributed by atoms with E-state index in [1.54, 1.807) is 43.5 Å². The molecule has 0 saturated carbocycles. The van der Waals surface area contributed by atoms with Crippen LogP contribution in [0.4, 0.5) is 5.69 Å². The van der Waals surface area contributed by atoms with Crippen LogP contribution >= 0.6 is 11.6 Å². The molecule has 7 nitrogen and oxygen atoms in total. The van der Waals surface area contributed by atoms with E-state index in [1.165, 1.54) is 0 Å². The number of halogens is 1. The molecule has 2 heterocycles. The standard InChI is InChI=1S/C31H31ClN2O5/c1-20-15-22(32)16-25(29(35)21-9-4-3-5-10-21)30(20)39-14-7-6-13-38-28-18-26-24(17-27(28)37-2)31(36)34-12-8-11-23(34)19-33-26/h3-5,9-10,15-19,23H,6-8,11-14H2,1-2H3. The second-order valence-electron chi connectivity index (χ2n) is 9.71. The van der Waals surface area contributed by atoms with Crippen LogP contribution in [-0.2, 0) is 0 Å². The first-order valence-electron chi connectivity index (χ1n) is 13.2. The molecule has 2 aliphatic heterocycles. The number of ether oxygens (including phenoxy) is 3. The minimum atomic E-state index is -0.128. The molecule has 5 rings (SSSR count). The van der Waals surface area contributed by atoms with Gasteiger partial charge in [-0.1, -0.05) is 41.9 Å². The van der Waals surface area contributed by atoms with Crippen LogP contribution in [0.2, 0.25) is 5.02 Å². The van der Waals surface area contributed by atoms with Crippen molar-refractivity contribution < 1.29 is 23.8 Å². The minimum absolute atomic E-state index is 0.0189. The average Bonchev–Trinajstić information content (AvgIpc) is 3.38. The lowest BCUT2D eigenvalue weighted by Crippen LogP contribution is -2.35. The van der Waals surface area contributed by atoms with Gasteiger partial charge in [-0.05, 0) is 56.4 Å². The summed E-state index contributed by atoms with van der Waals surface area (Å²) in [5.74, 6) is 1.45. The molecule has 1 unspecified atom stereocenters. The smallest absolute Gasteiger partial charge is 0.256 e. The third-order valence-corrected chi connectivity index (χ3v) is 7.24. The van der Waals surface area contributed by atoms with E-state index < -0.39 is 0 Å². The highest BCUT2D eigenvalue weighted by Crippen LogP contribution is 2.38. The number of unbranched alkanes of at least 4 members (excludes halogenated alkanes) is 1. The highest BCUT2D eigenvalue weighted by atomic mass is 35.5. The molecule has 8 heteroatoms. The summed E-state index contributed by atoms with van der Waals surface area (Å²) in [5, 5.41) is 0.494. The number of amides is 1. The first kappa shape index (κ1) is 26.8. The van der Waals surface area contributed by atoms with Crippen LogP contribution in [0.25, 0.3) is 0 Å². The summed E-state index contributed by atoms with van der Waals surface area (Å²) < 4.78 is 17.6. The maximum Gasteiger partial charge on any atom is 0.256 e. The Balaban J connectivity index is 1.20. The summed E-state index contributed by atoms with van der Waals surface area (Å²) in [5.41, 5.74) is 2.98. The molecule has 0 radical (unpaired) electrons. The Kier molecular flexibility index (Phi) is 8.17. The number of rotatable bonds is 10. The molecular formula is C31H31ClN2O5. The fourth-order valence-corrected chi connectivity index (χ4v) is 5.29. The Labute approximate surface area is 233 Å². The maximum absolute atomic E-state index is 13.1. The molecule has 1 amide bonds. The lowest BCUT2D eigenvalue weighted by molar-refractivity contribution is 0.0774. The van der Waals surface area contributed by atoms with E-state index in [-0.39, 0.29) is 17.7 Å². The SMILES string of the molecule is COc1cc2c(cc1OCCCCOc1c(C)cc(Cl)cc1C(=O)c1ccccc1)N=CC1CCCN1C2=O. The third kappa shape index (κ3) is 5.78. The molecule has 3 aromatic carbocycles. The Morgan fingerprint density at radius 2 is 1.82 bits per heavy atom. The van der Waals surface area contributed by atoms with Gasteiger partial charge in [0, 0.05) is 29.4 Å². The van der Waals surface area contributed by atoms with Crippen LogP contribution < -0.4 is 14.2 Å². The molecule has 0 N–H and O–H groups in total. The van der Waals surface area contributed by atoms with Gasteiger partial charge >= 0.3 is 0 Å². The largest absolute Gasteiger partial charge is 0.493 e. The first-order chi connectivity index (χ1) is 19.0. The van der Waals surface area contributed by atoms with Gasteiger partial charge in [0.1, 0.15) is 5.75 Å². The van der Waals surface area contributed by atoms with Gasteiger partial charge in [-0.15, -0.1) is 0 Å². The number of carbonyl (C=O) groups excluding carboxylic acids is 2. The van der Waals surface area contributed by atoms with Gasteiger partial charge in [-0.25, -0.2) is 0 Å². The Morgan fingerprint density at radius 1 is 1.05 bits per heavy atom. The van der Waals surface area contributed by atoms with Crippen molar-refractivity contribution >= 4 is 35.2 Å². The number of hydrogen-bond donors (Lipinski definition) is 0. The molecular weight excluding hydrogens is 516 g/mol. The van der Waals surface area contributed by atoms with Crippen LogP contribution in [0.3, 0.4) is 0 Å². The van der Waals surface area contributed by atoms with Crippen molar-refractivity contribution in [1.82, 2.24) is 4.90 Å². The summed E-state index contributed by atoms with van der Waals surface area (Å²) in [6.45, 7) is 3.47. The van der Waals surface area contributed by atoms with Crippen LogP contribution in [0.5, 0.6) is 17.2 Å². The highest BCUT2D eigenvalue weighted by Gasteiger charge is 2.32. The summed E-state index contributed by atoms with van der Waals surface area (Å²) >= 11 is 6.26. The van der Waals surface area contributed by atoms with Crippen molar-refractivity contribution in [3.05, 3.63) is 81.9 Å². The Bertz CT molecular complexity index is 1410. The number of aliphatic imine (C=N–C) groups is 1. The summed E-state index contributed by atoms with van der Waals surface area (Å²) in [4.78, 5) is 32.6. The number of hydrogen-bond acceptors (Lipinski definition) is 6. The number of ketones is 1. The van der Waals surface area contributed by atoms with Crippen LogP contribution in [0, 0.1) is 6.92 Å². The summed E-state index contributed by atoms with van der Waals surface area (Å²) in [7, 11) is 1.56. The van der Waals surface area contributed by atoms with Crippen molar-refractivity contribution in [1.29, 1.82) is 0 Å². The topological polar surface area (TPSA) is 77.4 Å². The van der Waals surface area contributed by atoms with Crippen molar-refractivity contribution in [2.45, 2.75) is 38.6 Å². The van der Waals surface area contributed by atoms with E-state index in [1.807, 2.05) is 36.2 Å². The molecule has 39 heavy (non-hydrogen) atoms. The quantitative estimate of drug-likeness (QED) is 0.216. The molecule has 0 bridgehead atoms. The zero-order chi connectivity index (χ0) is 27.4. The molecule has 1 saturated heterocycles. The molecule has 0 aliphatic carbocycles. The first-order valence-corrected chi connectivity index (χ1v) is 13.6. The minimum Gasteiger partial charge on any atom is -0.493 e. The Morgan fingerprint density at radius 3 is 2.59 bits per heavy atom. The monoisotopic (exact) mass is 546 g/mol. The molecule has 3 aromatic rings. The number of nitrogens with zero attached hydrogens (tertiary/aromatic N) is 2. The van der Waals surface area contributed by atoms with Crippen molar-refractivity contribution in [3.8, 4) is 17.2 Å². The molecule has 2 aliphatic rings. The number of aryl methyl sites for hydroxylation is 1. The second-order valence-corrected chi connectivity index (χ2v) is 10.1. The van der Waals surface area contributed by atoms with Crippen LogP contribution in [0.1, 0.15) is 57.5 Å². The predicted octanol–water partition coefficient (Wildman–Crippen LogP) is 6.45. The molecule has 1 atom stereocenters. The summed E-state index contributed by atoms with van der Waals surface area (Å²) in [6, 6.07) is 16.1. The molecule has 202 valence electrons. The maximum atomic E-state index is 13.1. The number of carbonyl (C=O) groups is 2. The normalized spacial score (nSPS) is 15.9. The van der Waals surface area contributed by atoms with E-state index in [9.17, 15) is 9.59 Å². The predicted molar refractivity (Wildman–Crippen MR) is 151 cm³/mol. The van der Waals surface area contributed by atoms with Crippen molar-refractivity contribution in [2.24, 2.45) is 4.99 Å². The average molecular weight is 547 g/mol. The van der Waals surface area contributed by atoms with E-state index in [4.69, 9.17) is 25.8 Å². The molecule has 1 fully saturated rings. The summed E-state index contributed by atoms with van der Waals surface area (Å²) in [6.07, 6.45) is 5.21. The van der Waals surface area contributed by atoms with E-state index >= 15 is 0 Å². The van der Waals surface area contributed by atoms with Crippen LogP contribution in [-0.4, -0.2) is 55.7 Å². The van der Waals surface area contributed by atoms with Gasteiger partial charge in [-0.3, -0.25) is 14.6 Å². The molecule has 0 spiro atoms. The molecule has 0 aromatic heterocycles. The number of methoxy groups -OCH3 is 1. The zero-order valence-electron chi connectivity index (χ0n) is 22.1. The number of benzene rings is 3. The van der Waals surface area contributed by atoms with E-state index in [0.717, 1.165) is 24.9 Å². The lowest BCUT2D eigenvalue weighted by atomic mass is 10.0. The number of fused-ring (bicyclic) bond motifs is 2. The van der Waals surface area contributed by atoms with E-state index in [2.05, 4.69) is 4.99 Å². The van der Waals surface area contributed by atoms with Crippen molar-refractivity contribution in [2.75, 3.05) is 26.9 Å².